The van der Waals surface area contributed by atoms with Gasteiger partial charge in [0, 0.05) is 12.0 Å². The lowest BCUT2D eigenvalue weighted by Crippen LogP contribution is -2.33. The van der Waals surface area contributed by atoms with Crippen LogP contribution in [0.2, 0.25) is 5.28 Å². The summed E-state index contributed by atoms with van der Waals surface area (Å²) < 4.78 is 19.0. The Hall–Kier alpha value is -1.43. The molecule has 0 radical (unpaired) electrons. The summed E-state index contributed by atoms with van der Waals surface area (Å²) in [5.74, 6) is -0.556. The van der Waals surface area contributed by atoms with E-state index in [-0.39, 0.29) is 23.3 Å². The largest absolute Gasteiger partial charge is 0.446 e. The van der Waals surface area contributed by atoms with Gasteiger partial charge in [-0.1, -0.05) is 0 Å². The molecule has 1 heterocycles. The Morgan fingerprint density at radius 2 is 2.30 bits per heavy atom. The van der Waals surface area contributed by atoms with E-state index in [1.807, 2.05) is 13.8 Å². The van der Waals surface area contributed by atoms with Crippen LogP contribution in [-0.2, 0) is 4.74 Å². The molecule has 0 saturated heterocycles. The molecule has 2 atom stereocenters. The summed E-state index contributed by atoms with van der Waals surface area (Å²) in [6, 6.07) is 0.0258. The van der Waals surface area contributed by atoms with Gasteiger partial charge in [0.25, 0.3) is 0 Å². The number of carbonyl (C=O) groups excluding carboxylic acids is 1. The van der Waals surface area contributed by atoms with Crippen LogP contribution >= 0.6 is 11.6 Å². The first kappa shape index (κ1) is 15.0. The number of nitrogens with zero attached hydrogens (tertiary/aromatic N) is 2. The van der Waals surface area contributed by atoms with Crippen molar-refractivity contribution in [2.45, 2.75) is 51.2 Å². The summed E-state index contributed by atoms with van der Waals surface area (Å²) >= 11 is 5.69. The number of ether oxygens (including phenoxy) is 1. The molecule has 110 valence electrons. The van der Waals surface area contributed by atoms with Crippen molar-refractivity contribution in [3.05, 3.63) is 23.0 Å². The van der Waals surface area contributed by atoms with Crippen molar-refractivity contribution >= 4 is 17.7 Å². The number of carbonyl (C=O) groups is 1. The van der Waals surface area contributed by atoms with Crippen molar-refractivity contribution < 1.29 is 13.9 Å². The minimum atomic E-state index is -0.466. The average molecular weight is 302 g/mol. The molecule has 1 saturated carbocycles. The van der Waals surface area contributed by atoms with Crippen molar-refractivity contribution in [3.63, 3.8) is 0 Å². The highest BCUT2D eigenvalue weighted by molar-refractivity contribution is 6.28. The Bertz CT molecular complexity index is 499. The predicted octanol–water partition coefficient (Wildman–Crippen LogP) is 3.04. The van der Waals surface area contributed by atoms with E-state index in [1.54, 1.807) is 0 Å². The van der Waals surface area contributed by atoms with E-state index in [0.29, 0.717) is 25.0 Å². The molecule has 1 N–H and O–H groups in total. The van der Waals surface area contributed by atoms with E-state index < -0.39 is 11.9 Å². The Labute approximate surface area is 121 Å². The first-order chi connectivity index (χ1) is 9.45. The molecule has 1 aliphatic carbocycles. The van der Waals surface area contributed by atoms with Gasteiger partial charge in [0.1, 0.15) is 6.10 Å². The maximum atomic E-state index is 13.7. The third-order valence-corrected chi connectivity index (χ3v) is 3.38. The van der Waals surface area contributed by atoms with Gasteiger partial charge in [0.2, 0.25) is 5.28 Å². The summed E-state index contributed by atoms with van der Waals surface area (Å²) in [6.07, 6.45) is 2.38. The Morgan fingerprint density at radius 3 is 3.00 bits per heavy atom. The summed E-state index contributed by atoms with van der Waals surface area (Å²) in [4.78, 5) is 19.1. The molecular formula is C13H17ClFN3O2. The maximum Gasteiger partial charge on any atom is 0.407 e. The third kappa shape index (κ3) is 3.79. The summed E-state index contributed by atoms with van der Waals surface area (Å²) in [6.45, 7) is 3.72. The fourth-order valence-corrected chi connectivity index (χ4v) is 2.50. The molecule has 20 heavy (non-hydrogen) atoms. The van der Waals surface area contributed by atoms with Gasteiger partial charge in [0.15, 0.2) is 5.82 Å². The fraction of sp³-hybridized carbons (Fsp3) is 0.615. The zero-order valence-electron chi connectivity index (χ0n) is 11.4. The first-order valence-corrected chi connectivity index (χ1v) is 6.98. The van der Waals surface area contributed by atoms with Crippen molar-refractivity contribution in [2.24, 2.45) is 0 Å². The van der Waals surface area contributed by atoms with E-state index >= 15 is 0 Å². The number of rotatable bonds is 3. The molecule has 1 aliphatic rings. The van der Waals surface area contributed by atoms with Gasteiger partial charge >= 0.3 is 6.09 Å². The van der Waals surface area contributed by atoms with Crippen molar-refractivity contribution in [3.8, 4) is 0 Å². The van der Waals surface area contributed by atoms with Crippen LogP contribution in [0.15, 0.2) is 6.20 Å². The molecule has 7 heteroatoms. The van der Waals surface area contributed by atoms with Crippen LogP contribution in [-0.4, -0.2) is 28.2 Å². The average Bonchev–Trinajstić information content (AvgIpc) is 2.79. The van der Waals surface area contributed by atoms with Crippen molar-refractivity contribution in [2.75, 3.05) is 0 Å². The molecule has 5 nitrogen and oxygen atoms in total. The SMILES string of the molecule is CC(C)NC(=O)O[C@@H]1CC[C@H](c2nc(Cl)ncc2F)C1. The molecular weight excluding hydrogens is 285 g/mol. The lowest BCUT2D eigenvalue weighted by molar-refractivity contribution is 0.0981. The standard InChI is InChI=1S/C13H17ClFN3O2/c1-7(2)17-13(19)20-9-4-3-8(5-9)11-10(15)6-16-12(14)18-11/h6-9H,3-5H2,1-2H3,(H,17,19)/t8-,9+/m0/s1. The van der Waals surface area contributed by atoms with Gasteiger partial charge in [-0.25, -0.2) is 19.2 Å². The van der Waals surface area contributed by atoms with Gasteiger partial charge in [-0.15, -0.1) is 0 Å². The van der Waals surface area contributed by atoms with Gasteiger partial charge in [0.05, 0.1) is 11.9 Å². The fourth-order valence-electron chi connectivity index (χ4n) is 2.36. The van der Waals surface area contributed by atoms with Gasteiger partial charge in [-0.05, 0) is 44.7 Å². The van der Waals surface area contributed by atoms with Crippen LogP contribution in [0.1, 0.15) is 44.7 Å². The maximum absolute atomic E-state index is 13.7. The molecule has 0 bridgehead atoms. The number of alkyl carbamates (subject to hydrolysis) is 1. The zero-order valence-corrected chi connectivity index (χ0v) is 12.2. The highest BCUT2D eigenvalue weighted by Gasteiger charge is 2.31. The summed E-state index contributed by atoms with van der Waals surface area (Å²) in [5.41, 5.74) is 0.306. The number of nitrogens with one attached hydrogen (secondary N) is 1. The van der Waals surface area contributed by atoms with Crippen molar-refractivity contribution in [1.82, 2.24) is 15.3 Å². The van der Waals surface area contributed by atoms with E-state index in [1.165, 1.54) is 0 Å². The normalized spacial score (nSPS) is 22.1. The zero-order chi connectivity index (χ0) is 14.7. The number of hydrogen-bond acceptors (Lipinski definition) is 4. The lowest BCUT2D eigenvalue weighted by atomic mass is 10.0. The quantitative estimate of drug-likeness (QED) is 0.872. The second kappa shape index (κ2) is 6.35. The number of amides is 1. The Balaban J connectivity index is 1.95. The van der Waals surface area contributed by atoms with E-state index in [2.05, 4.69) is 15.3 Å². The van der Waals surface area contributed by atoms with Crippen molar-refractivity contribution in [1.29, 1.82) is 0 Å². The highest BCUT2D eigenvalue weighted by atomic mass is 35.5. The molecule has 2 rings (SSSR count). The van der Waals surface area contributed by atoms with Gasteiger partial charge in [-0.3, -0.25) is 0 Å². The van der Waals surface area contributed by atoms with Gasteiger partial charge in [-0.2, -0.15) is 0 Å². The number of aromatic nitrogens is 2. The predicted molar refractivity (Wildman–Crippen MR) is 72.1 cm³/mol. The van der Waals surface area contributed by atoms with E-state index in [0.717, 1.165) is 6.20 Å². The Morgan fingerprint density at radius 1 is 1.55 bits per heavy atom. The van der Waals surface area contributed by atoms with Gasteiger partial charge < -0.3 is 10.1 Å². The number of halogens is 2. The van der Waals surface area contributed by atoms with Crippen LogP contribution < -0.4 is 5.32 Å². The topological polar surface area (TPSA) is 64.1 Å². The second-order valence-electron chi connectivity index (χ2n) is 5.21. The lowest BCUT2D eigenvalue weighted by Gasteiger charge is -2.15. The molecule has 0 unspecified atom stereocenters. The molecule has 1 fully saturated rings. The molecule has 1 amide bonds. The molecule has 0 aliphatic heterocycles. The van der Waals surface area contributed by atoms with Crippen LogP contribution in [0.4, 0.5) is 9.18 Å². The van der Waals surface area contributed by atoms with E-state index in [9.17, 15) is 9.18 Å². The monoisotopic (exact) mass is 301 g/mol. The van der Waals surface area contributed by atoms with Crippen LogP contribution in [0.3, 0.4) is 0 Å². The van der Waals surface area contributed by atoms with Crippen LogP contribution in [0, 0.1) is 5.82 Å². The minimum Gasteiger partial charge on any atom is -0.446 e. The van der Waals surface area contributed by atoms with Crippen LogP contribution in [0.5, 0.6) is 0 Å². The smallest absolute Gasteiger partial charge is 0.407 e. The molecule has 0 spiro atoms. The molecule has 1 aromatic rings. The minimum absolute atomic E-state index is 0.0258. The Kier molecular flexibility index (Phi) is 4.75. The first-order valence-electron chi connectivity index (χ1n) is 6.60. The molecule has 1 aromatic heterocycles. The third-order valence-electron chi connectivity index (χ3n) is 3.19. The summed E-state index contributed by atoms with van der Waals surface area (Å²) in [5, 5.41) is 2.69. The number of hydrogen-bond donors (Lipinski definition) is 1. The second-order valence-corrected chi connectivity index (χ2v) is 5.55. The van der Waals surface area contributed by atoms with Crippen LogP contribution in [0.25, 0.3) is 0 Å². The highest BCUT2D eigenvalue weighted by Crippen LogP contribution is 2.36. The molecule has 0 aromatic carbocycles. The summed E-state index contributed by atoms with van der Waals surface area (Å²) in [7, 11) is 0. The van der Waals surface area contributed by atoms with E-state index in [4.69, 9.17) is 16.3 Å².